The topological polar surface area (TPSA) is 114 Å². The highest BCUT2D eigenvalue weighted by atomic mass is 79.9. The number of methoxy groups -OCH3 is 1. The van der Waals surface area contributed by atoms with E-state index in [1.54, 1.807) is 66.7 Å². The fourth-order valence-electron chi connectivity index (χ4n) is 3.79. The zero-order valence-electron chi connectivity index (χ0n) is 20.1. The molecule has 9 nitrogen and oxygen atoms in total. The average Bonchev–Trinajstić information content (AvgIpc) is 2.96. The second-order valence-corrected chi connectivity index (χ2v) is 9.04. The van der Waals surface area contributed by atoms with Gasteiger partial charge in [0, 0.05) is 0 Å². The zero-order valence-corrected chi connectivity index (χ0v) is 21.7. The summed E-state index contributed by atoms with van der Waals surface area (Å²) in [7, 11) is 1.14. The molecule has 1 heterocycles. The predicted molar refractivity (Wildman–Crippen MR) is 137 cm³/mol. The molecule has 3 aromatic rings. The van der Waals surface area contributed by atoms with Crippen LogP contribution in [0.25, 0.3) is 0 Å². The van der Waals surface area contributed by atoms with E-state index in [1.807, 2.05) is 0 Å². The van der Waals surface area contributed by atoms with E-state index in [2.05, 4.69) is 15.9 Å². The van der Waals surface area contributed by atoms with Crippen molar-refractivity contribution in [2.45, 2.75) is 29.4 Å². The summed E-state index contributed by atoms with van der Waals surface area (Å²) >= 11 is 3.28. The smallest absolute Gasteiger partial charge is 0.339 e. The fourth-order valence-corrected chi connectivity index (χ4v) is 4.43. The lowest BCUT2D eigenvalue weighted by atomic mass is 9.98. The van der Waals surface area contributed by atoms with Gasteiger partial charge in [0.2, 0.25) is 0 Å². The molecule has 0 saturated carbocycles. The van der Waals surface area contributed by atoms with E-state index in [0.717, 1.165) is 7.11 Å². The number of ether oxygens (including phenoxy) is 5. The number of carbonyl (C=O) groups excluding carboxylic acids is 4. The van der Waals surface area contributed by atoms with Crippen molar-refractivity contribution in [2.24, 2.45) is 0 Å². The Bertz CT molecular complexity index is 1270. The van der Waals surface area contributed by atoms with Gasteiger partial charge in [0.05, 0.1) is 23.8 Å². The third-order valence-corrected chi connectivity index (χ3v) is 6.41. The molecule has 196 valence electrons. The zero-order chi connectivity index (χ0) is 27.1. The lowest BCUT2D eigenvalue weighted by molar-refractivity contribution is -0.210. The van der Waals surface area contributed by atoms with Gasteiger partial charge in [-0.05, 0) is 36.4 Å². The quantitative estimate of drug-likeness (QED) is 0.232. The summed E-state index contributed by atoms with van der Waals surface area (Å²) in [5.41, 5.74) is 0.609. The summed E-state index contributed by atoms with van der Waals surface area (Å²) in [6.45, 7) is 0. The Morgan fingerprint density at radius 1 is 0.605 bits per heavy atom. The molecular formula is C28H23BrO9. The predicted octanol–water partition coefficient (Wildman–Crippen LogP) is 3.96. The molecule has 0 spiro atoms. The SMILES string of the molecule is COC(=O)[C@@H]1O[C@H](Br)[C@@H](OC(=O)c2ccccc2)[C@@H](OC(=O)c2ccccc2)[C@@H]1OC(=O)c1ccccc1. The first-order valence-electron chi connectivity index (χ1n) is 11.5. The van der Waals surface area contributed by atoms with Gasteiger partial charge in [-0.15, -0.1) is 0 Å². The van der Waals surface area contributed by atoms with Crippen LogP contribution in [0.4, 0.5) is 0 Å². The summed E-state index contributed by atoms with van der Waals surface area (Å²) in [6, 6.07) is 24.2. The lowest BCUT2D eigenvalue weighted by Crippen LogP contribution is -2.62. The fraction of sp³-hybridized carbons (Fsp3) is 0.214. The maximum absolute atomic E-state index is 13.1. The highest BCUT2D eigenvalue weighted by molar-refractivity contribution is 9.09. The van der Waals surface area contributed by atoms with E-state index in [1.165, 1.54) is 24.3 Å². The van der Waals surface area contributed by atoms with Crippen LogP contribution in [0, 0.1) is 0 Å². The van der Waals surface area contributed by atoms with Crippen molar-refractivity contribution in [3.63, 3.8) is 0 Å². The van der Waals surface area contributed by atoms with Crippen LogP contribution < -0.4 is 0 Å². The first-order chi connectivity index (χ1) is 18.4. The molecule has 0 radical (unpaired) electrons. The number of hydrogen-bond donors (Lipinski definition) is 0. The van der Waals surface area contributed by atoms with Gasteiger partial charge in [0.1, 0.15) is 0 Å². The molecule has 0 amide bonds. The van der Waals surface area contributed by atoms with Crippen molar-refractivity contribution < 1.29 is 42.9 Å². The third-order valence-electron chi connectivity index (χ3n) is 5.67. The van der Waals surface area contributed by atoms with Crippen LogP contribution in [0.3, 0.4) is 0 Å². The number of esters is 4. The highest BCUT2D eigenvalue weighted by Gasteiger charge is 2.54. The van der Waals surface area contributed by atoms with E-state index >= 15 is 0 Å². The van der Waals surface area contributed by atoms with Gasteiger partial charge >= 0.3 is 23.9 Å². The summed E-state index contributed by atoms with van der Waals surface area (Å²) in [6.07, 6.45) is -5.79. The monoisotopic (exact) mass is 582 g/mol. The van der Waals surface area contributed by atoms with Crippen LogP contribution in [0.5, 0.6) is 0 Å². The Labute approximate surface area is 226 Å². The van der Waals surface area contributed by atoms with Crippen molar-refractivity contribution in [1.29, 1.82) is 0 Å². The van der Waals surface area contributed by atoms with Gasteiger partial charge < -0.3 is 23.7 Å². The molecule has 0 unspecified atom stereocenters. The summed E-state index contributed by atoms with van der Waals surface area (Å²) < 4.78 is 27.7. The van der Waals surface area contributed by atoms with Crippen LogP contribution in [0.2, 0.25) is 0 Å². The summed E-state index contributed by atoms with van der Waals surface area (Å²) in [5.74, 6) is -3.22. The minimum atomic E-state index is -1.52. The van der Waals surface area contributed by atoms with Gasteiger partial charge in [-0.3, -0.25) is 0 Å². The molecule has 0 aromatic heterocycles. The molecule has 5 atom stereocenters. The molecule has 4 rings (SSSR count). The number of rotatable bonds is 7. The molecule has 0 aliphatic carbocycles. The van der Waals surface area contributed by atoms with Gasteiger partial charge in [0.25, 0.3) is 0 Å². The molecule has 0 bridgehead atoms. The molecule has 1 aliphatic heterocycles. The Hall–Kier alpha value is -4.02. The van der Waals surface area contributed by atoms with Crippen molar-refractivity contribution in [2.75, 3.05) is 7.11 Å². The van der Waals surface area contributed by atoms with E-state index < -0.39 is 53.3 Å². The Balaban J connectivity index is 1.71. The maximum Gasteiger partial charge on any atom is 0.339 e. The van der Waals surface area contributed by atoms with Crippen LogP contribution in [-0.2, 0) is 28.5 Å². The number of benzene rings is 3. The van der Waals surface area contributed by atoms with Gasteiger partial charge in [-0.1, -0.05) is 70.5 Å². The molecule has 0 N–H and O–H groups in total. The molecule has 1 aliphatic rings. The number of hydrogen-bond acceptors (Lipinski definition) is 9. The maximum atomic E-state index is 13.1. The normalized spacial score (nSPS) is 22.5. The minimum absolute atomic E-state index is 0.183. The van der Waals surface area contributed by atoms with E-state index in [-0.39, 0.29) is 16.7 Å². The molecule has 3 aromatic carbocycles. The summed E-state index contributed by atoms with van der Waals surface area (Å²) in [4.78, 5) is 51.7. The average molecular weight is 583 g/mol. The Morgan fingerprint density at radius 2 is 0.974 bits per heavy atom. The van der Waals surface area contributed by atoms with Crippen LogP contribution in [0.15, 0.2) is 91.0 Å². The van der Waals surface area contributed by atoms with Gasteiger partial charge in [-0.2, -0.15) is 0 Å². The largest absolute Gasteiger partial charge is 0.467 e. The van der Waals surface area contributed by atoms with Crippen LogP contribution in [-0.4, -0.2) is 60.4 Å². The second-order valence-electron chi connectivity index (χ2n) is 8.14. The lowest BCUT2D eigenvalue weighted by Gasteiger charge is -2.42. The molecule has 1 saturated heterocycles. The Kier molecular flexibility index (Phi) is 8.88. The molecular weight excluding hydrogens is 560 g/mol. The first kappa shape index (κ1) is 27.0. The third kappa shape index (κ3) is 6.27. The first-order valence-corrected chi connectivity index (χ1v) is 12.5. The molecule has 38 heavy (non-hydrogen) atoms. The minimum Gasteiger partial charge on any atom is -0.467 e. The number of halogens is 1. The molecule has 1 fully saturated rings. The Morgan fingerprint density at radius 3 is 1.37 bits per heavy atom. The van der Waals surface area contributed by atoms with Gasteiger partial charge in [0.15, 0.2) is 29.4 Å². The van der Waals surface area contributed by atoms with Crippen LogP contribution in [0.1, 0.15) is 31.1 Å². The van der Waals surface area contributed by atoms with E-state index in [4.69, 9.17) is 23.7 Å². The van der Waals surface area contributed by atoms with Crippen molar-refractivity contribution in [3.05, 3.63) is 108 Å². The van der Waals surface area contributed by atoms with Crippen LogP contribution >= 0.6 is 15.9 Å². The van der Waals surface area contributed by atoms with E-state index in [9.17, 15) is 19.2 Å². The van der Waals surface area contributed by atoms with Crippen molar-refractivity contribution in [1.82, 2.24) is 0 Å². The number of carbonyl (C=O) groups is 4. The molecule has 10 heteroatoms. The second kappa shape index (κ2) is 12.5. The van der Waals surface area contributed by atoms with Crippen molar-refractivity contribution in [3.8, 4) is 0 Å². The van der Waals surface area contributed by atoms with Gasteiger partial charge in [-0.25, -0.2) is 19.2 Å². The number of alkyl halides is 1. The standard InChI is InChI=1S/C28H23BrO9/c1-34-28(33)23-21(37-26(31)18-13-7-3-8-14-18)20(36-25(30)17-11-5-2-6-12-17)22(24(29)35-23)38-27(32)19-15-9-4-10-16-19/h2-16,20-24H,1H3/t20-,21-,22-,23+,24-/m0/s1. The van der Waals surface area contributed by atoms with E-state index in [0.29, 0.717) is 0 Å². The van der Waals surface area contributed by atoms with Crippen molar-refractivity contribution >= 4 is 39.8 Å². The highest BCUT2D eigenvalue weighted by Crippen LogP contribution is 2.33. The summed E-state index contributed by atoms with van der Waals surface area (Å²) in [5, 5.41) is -1.13.